The van der Waals surface area contributed by atoms with Crippen LogP contribution in [0.4, 0.5) is 10.1 Å². The Balaban J connectivity index is 2.77. The van der Waals surface area contributed by atoms with Gasteiger partial charge in [0, 0.05) is 17.5 Å². The predicted octanol–water partition coefficient (Wildman–Crippen LogP) is 3.60. The molecule has 14 heavy (non-hydrogen) atoms. The van der Waals surface area contributed by atoms with E-state index in [1.807, 2.05) is 0 Å². The van der Waals surface area contributed by atoms with Gasteiger partial charge >= 0.3 is 0 Å². The fourth-order valence-corrected chi connectivity index (χ4v) is 2.28. The molecule has 2 rings (SSSR count). The minimum absolute atomic E-state index is 0.125. The molecule has 72 valence electrons. The third kappa shape index (κ3) is 1.44. The quantitative estimate of drug-likeness (QED) is 0.556. The van der Waals surface area contributed by atoms with Gasteiger partial charge in [-0.15, -0.1) is 11.3 Å². The highest BCUT2D eigenvalue weighted by Gasteiger charge is 2.12. The summed E-state index contributed by atoms with van der Waals surface area (Å²) < 4.78 is 13.4. The van der Waals surface area contributed by atoms with Crippen molar-refractivity contribution in [1.82, 2.24) is 0 Å². The van der Waals surface area contributed by atoms with Crippen LogP contribution in [-0.2, 0) is 0 Å². The zero-order valence-corrected chi connectivity index (χ0v) is 8.23. The minimum atomic E-state index is -0.555. The Labute approximate surface area is 86.9 Å². The van der Waals surface area contributed by atoms with Crippen LogP contribution in [0.5, 0.6) is 0 Å². The van der Waals surface area contributed by atoms with Gasteiger partial charge in [-0.3, -0.25) is 10.1 Å². The van der Waals surface area contributed by atoms with Crippen LogP contribution in [0.25, 0.3) is 10.1 Å². The monoisotopic (exact) mass is 231 g/mol. The Morgan fingerprint density at radius 1 is 1.43 bits per heavy atom. The topological polar surface area (TPSA) is 43.1 Å². The highest BCUT2D eigenvalue weighted by molar-refractivity contribution is 7.18. The zero-order valence-electron chi connectivity index (χ0n) is 6.66. The third-order valence-electron chi connectivity index (χ3n) is 1.74. The van der Waals surface area contributed by atoms with Gasteiger partial charge in [0.1, 0.15) is 0 Å². The van der Waals surface area contributed by atoms with E-state index < -0.39 is 10.1 Å². The number of non-ortho nitro benzene ring substituents is 1. The molecule has 0 amide bonds. The molecule has 0 fully saturated rings. The second-order valence-corrected chi connectivity index (χ2v) is 4.06. The van der Waals surface area contributed by atoms with Crippen molar-refractivity contribution in [3.8, 4) is 0 Å². The van der Waals surface area contributed by atoms with E-state index in [2.05, 4.69) is 0 Å². The summed E-state index contributed by atoms with van der Waals surface area (Å²) in [5.41, 5.74) is -0.125. The number of hydrogen-bond acceptors (Lipinski definition) is 3. The fraction of sp³-hybridized carbons (Fsp3) is 0. The maximum atomic E-state index is 12.8. The predicted molar refractivity (Wildman–Crippen MR) is 53.4 cm³/mol. The second-order valence-electron chi connectivity index (χ2n) is 2.65. The van der Waals surface area contributed by atoms with Crippen molar-refractivity contribution in [2.75, 3.05) is 0 Å². The lowest BCUT2D eigenvalue weighted by Crippen LogP contribution is -1.86. The molecular weight excluding hydrogens is 229 g/mol. The maximum Gasteiger partial charge on any atom is 0.271 e. The molecular formula is C8H3ClFNO2S. The largest absolute Gasteiger partial charge is 0.271 e. The van der Waals surface area contributed by atoms with Crippen LogP contribution >= 0.6 is 22.9 Å². The Hall–Kier alpha value is -1.20. The van der Waals surface area contributed by atoms with Gasteiger partial charge in [0.2, 0.25) is 0 Å². The van der Waals surface area contributed by atoms with Gasteiger partial charge in [0.05, 0.1) is 14.6 Å². The number of thiophene rings is 1. The normalized spacial score (nSPS) is 10.7. The Kier molecular flexibility index (Phi) is 2.13. The van der Waals surface area contributed by atoms with Crippen molar-refractivity contribution < 1.29 is 9.31 Å². The number of nitro groups is 1. The van der Waals surface area contributed by atoms with Gasteiger partial charge in [-0.25, -0.2) is 0 Å². The van der Waals surface area contributed by atoms with Crippen molar-refractivity contribution in [2.45, 2.75) is 0 Å². The molecule has 6 heteroatoms. The van der Waals surface area contributed by atoms with Crippen molar-refractivity contribution in [3.63, 3.8) is 0 Å². The lowest BCUT2D eigenvalue weighted by molar-refractivity contribution is -0.384. The number of nitro benzene ring substituents is 1. The van der Waals surface area contributed by atoms with Crippen LogP contribution in [0.15, 0.2) is 18.2 Å². The number of rotatable bonds is 1. The van der Waals surface area contributed by atoms with Crippen LogP contribution in [-0.4, -0.2) is 4.92 Å². The van der Waals surface area contributed by atoms with E-state index >= 15 is 0 Å². The Morgan fingerprint density at radius 3 is 2.79 bits per heavy atom. The van der Waals surface area contributed by atoms with Crippen LogP contribution in [0, 0.1) is 15.2 Å². The Bertz CT molecular complexity index is 525. The van der Waals surface area contributed by atoms with Gasteiger partial charge in [-0.1, -0.05) is 11.6 Å². The van der Waals surface area contributed by atoms with Crippen molar-refractivity contribution >= 4 is 38.7 Å². The van der Waals surface area contributed by atoms with Gasteiger partial charge in [0.25, 0.3) is 5.69 Å². The molecule has 0 bridgehead atoms. The second kappa shape index (κ2) is 3.18. The van der Waals surface area contributed by atoms with Gasteiger partial charge in [0.15, 0.2) is 5.13 Å². The molecule has 3 nitrogen and oxygen atoms in total. The molecule has 1 heterocycles. The smallest absolute Gasteiger partial charge is 0.258 e. The van der Waals surface area contributed by atoms with Crippen LogP contribution in [0.3, 0.4) is 0 Å². The van der Waals surface area contributed by atoms with Crippen molar-refractivity contribution in [3.05, 3.63) is 38.5 Å². The number of benzene rings is 1. The summed E-state index contributed by atoms with van der Waals surface area (Å²) in [6.07, 6.45) is 0. The van der Waals surface area contributed by atoms with Crippen LogP contribution in [0.1, 0.15) is 0 Å². The molecule has 0 aliphatic rings. The summed E-state index contributed by atoms with van der Waals surface area (Å²) in [4.78, 5) is 9.91. The summed E-state index contributed by atoms with van der Waals surface area (Å²) in [7, 11) is 0. The molecule has 0 aliphatic carbocycles. The van der Waals surface area contributed by atoms with Crippen LogP contribution in [0.2, 0.25) is 5.02 Å². The fourth-order valence-electron chi connectivity index (χ4n) is 1.17. The lowest BCUT2D eigenvalue weighted by Gasteiger charge is -1.94. The van der Waals surface area contributed by atoms with Gasteiger partial charge < -0.3 is 0 Å². The van der Waals surface area contributed by atoms with E-state index in [9.17, 15) is 14.5 Å². The van der Waals surface area contributed by atoms with Gasteiger partial charge in [-0.2, -0.15) is 4.39 Å². The first kappa shape index (κ1) is 9.36. The molecule has 0 atom stereocenters. The first-order chi connectivity index (χ1) is 6.58. The van der Waals surface area contributed by atoms with E-state index in [0.717, 1.165) is 11.3 Å². The van der Waals surface area contributed by atoms with E-state index in [4.69, 9.17) is 11.6 Å². The highest BCUT2D eigenvalue weighted by Crippen LogP contribution is 2.34. The minimum Gasteiger partial charge on any atom is -0.258 e. The van der Waals surface area contributed by atoms with Crippen LogP contribution < -0.4 is 0 Å². The first-order valence-electron chi connectivity index (χ1n) is 3.61. The molecule has 1 aromatic carbocycles. The molecule has 0 spiro atoms. The standard InChI is InChI=1S/C8H3ClFNO2S/c9-6-3-5(11(12)13)1-4-2-7(10)14-8(4)6/h1-3H. The summed E-state index contributed by atoms with van der Waals surface area (Å²) in [6, 6.07) is 3.76. The van der Waals surface area contributed by atoms with E-state index in [-0.39, 0.29) is 10.7 Å². The molecule has 0 saturated heterocycles. The molecule has 0 saturated carbocycles. The van der Waals surface area contributed by atoms with Crippen molar-refractivity contribution in [2.24, 2.45) is 0 Å². The zero-order chi connectivity index (χ0) is 10.3. The van der Waals surface area contributed by atoms with Gasteiger partial charge in [-0.05, 0) is 6.07 Å². The average Bonchev–Trinajstić information content (AvgIpc) is 2.45. The number of halogens is 2. The third-order valence-corrected chi connectivity index (χ3v) is 3.12. The number of nitrogens with zero attached hydrogens (tertiary/aromatic N) is 1. The number of hydrogen-bond donors (Lipinski definition) is 0. The molecule has 2 aromatic rings. The molecule has 0 aliphatic heterocycles. The molecule has 0 unspecified atom stereocenters. The van der Waals surface area contributed by atoms with E-state index in [1.54, 1.807) is 0 Å². The Morgan fingerprint density at radius 2 is 2.14 bits per heavy atom. The maximum absolute atomic E-state index is 12.8. The average molecular weight is 232 g/mol. The van der Waals surface area contributed by atoms with Crippen molar-refractivity contribution in [1.29, 1.82) is 0 Å². The van der Waals surface area contributed by atoms with E-state index in [1.165, 1.54) is 18.2 Å². The SMILES string of the molecule is O=[N+]([O-])c1cc(Cl)c2sc(F)cc2c1. The summed E-state index contributed by atoms with van der Waals surface area (Å²) in [6.45, 7) is 0. The summed E-state index contributed by atoms with van der Waals surface area (Å²) in [5.74, 6) is 0. The molecule has 0 radical (unpaired) electrons. The molecule has 1 aromatic heterocycles. The number of fused-ring (bicyclic) bond motifs is 1. The summed E-state index contributed by atoms with van der Waals surface area (Å²) >= 11 is 6.64. The highest BCUT2D eigenvalue weighted by atomic mass is 35.5. The summed E-state index contributed by atoms with van der Waals surface area (Å²) in [5, 5.41) is 10.7. The van der Waals surface area contributed by atoms with E-state index in [0.29, 0.717) is 10.1 Å². The lowest BCUT2D eigenvalue weighted by atomic mass is 10.2. The molecule has 0 N–H and O–H groups in total. The first-order valence-corrected chi connectivity index (χ1v) is 4.80.